The van der Waals surface area contributed by atoms with Gasteiger partial charge in [-0.2, -0.15) is 0 Å². The molecular weight excluding hydrogens is 416 g/mol. The van der Waals surface area contributed by atoms with E-state index in [0.29, 0.717) is 37.3 Å². The van der Waals surface area contributed by atoms with E-state index in [9.17, 15) is 14.4 Å². The number of hydrogen-bond acceptors (Lipinski definition) is 4. The lowest BCUT2D eigenvalue weighted by Crippen LogP contribution is -2.46. The number of nitrogens with one attached hydrogen (secondary N) is 1. The first-order valence-electron chi connectivity index (χ1n) is 11.3. The van der Waals surface area contributed by atoms with Gasteiger partial charge in [-0.25, -0.2) is 4.79 Å². The van der Waals surface area contributed by atoms with Crippen molar-refractivity contribution >= 4 is 17.3 Å². The minimum Gasteiger partial charge on any atom is -0.366 e. The molecule has 1 amide bonds. The van der Waals surface area contributed by atoms with Crippen LogP contribution in [-0.2, 0) is 11.8 Å². The SMILES string of the molecule is Cc1cc(C)cc(NC(=O)C2CCN(c3c(C)n(-c4ccccc4)c(=O)n(C)c3=O)CC2)c1. The Morgan fingerprint density at radius 3 is 2.15 bits per heavy atom. The number of amides is 1. The lowest BCUT2D eigenvalue weighted by molar-refractivity contribution is -0.120. The summed E-state index contributed by atoms with van der Waals surface area (Å²) in [6, 6.07) is 15.3. The van der Waals surface area contributed by atoms with Crippen molar-refractivity contribution in [2.75, 3.05) is 23.3 Å². The Kier molecular flexibility index (Phi) is 6.22. The molecule has 1 aromatic heterocycles. The third-order valence-corrected chi connectivity index (χ3v) is 6.35. The number of rotatable bonds is 4. The van der Waals surface area contributed by atoms with Crippen LogP contribution in [0.15, 0.2) is 58.1 Å². The van der Waals surface area contributed by atoms with Crippen molar-refractivity contribution < 1.29 is 4.79 Å². The molecule has 1 fully saturated rings. The summed E-state index contributed by atoms with van der Waals surface area (Å²) in [5.74, 6) is -0.107. The summed E-state index contributed by atoms with van der Waals surface area (Å²) >= 11 is 0. The molecule has 0 unspecified atom stereocenters. The number of benzene rings is 2. The molecule has 7 heteroatoms. The van der Waals surface area contributed by atoms with Gasteiger partial charge in [0, 0.05) is 31.7 Å². The third-order valence-electron chi connectivity index (χ3n) is 6.35. The second-order valence-corrected chi connectivity index (χ2v) is 8.88. The van der Waals surface area contributed by atoms with Gasteiger partial charge in [0.05, 0.1) is 11.4 Å². The first kappa shape index (κ1) is 22.6. The fourth-order valence-corrected chi connectivity index (χ4v) is 4.70. The summed E-state index contributed by atoms with van der Waals surface area (Å²) in [7, 11) is 1.51. The molecule has 1 aliphatic heterocycles. The van der Waals surface area contributed by atoms with Crippen LogP contribution in [0.1, 0.15) is 29.7 Å². The first-order valence-corrected chi connectivity index (χ1v) is 11.3. The molecular formula is C26H30N4O3. The number of carbonyl (C=O) groups excluding carboxylic acids is 1. The molecule has 33 heavy (non-hydrogen) atoms. The van der Waals surface area contributed by atoms with Gasteiger partial charge in [0.15, 0.2) is 0 Å². The molecule has 0 spiro atoms. The number of anilines is 2. The normalized spacial score (nSPS) is 14.4. The molecule has 0 bridgehead atoms. The molecule has 172 valence electrons. The minimum atomic E-state index is -0.366. The van der Waals surface area contributed by atoms with Crippen molar-refractivity contribution in [3.05, 3.63) is 86.2 Å². The number of carbonyl (C=O) groups is 1. The predicted molar refractivity (Wildman–Crippen MR) is 131 cm³/mol. The lowest BCUT2D eigenvalue weighted by atomic mass is 9.95. The summed E-state index contributed by atoms with van der Waals surface area (Å²) < 4.78 is 2.74. The highest BCUT2D eigenvalue weighted by Gasteiger charge is 2.28. The van der Waals surface area contributed by atoms with Gasteiger partial charge >= 0.3 is 5.69 Å². The number of para-hydroxylation sites is 1. The van der Waals surface area contributed by atoms with Gasteiger partial charge in [0.25, 0.3) is 5.56 Å². The van der Waals surface area contributed by atoms with Crippen molar-refractivity contribution in [2.45, 2.75) is 33.6 Å². The number of hydrogen-bond donors (Lipinski definition) is 1. The topological polar surface area (TPSA) is 76.3 Å². The molecule has 7 nitrogen and oxygen atoms in total. The highest BCUT2D eigenvalue weighted by Crippen LogP contribution is 2.25. The molecule has 1 N–H and O–H groups in total. The monoisotopic (exact) mass is 446 g/mol. The average Bonchev–Trinajstić information content (AvgIpc) is 2.78. The summed E-state index contributed by atoms with van der Waals surface area (Å²) in [5.41, 5.74) is 4.23. The zero-order chi connectivity index (χ0) is 23.7. The van der Waals surface area contributed by atoms with Crippen LogP contribution in [-0.4, -0.2) is 28.1 Å². The van der Waals surface area contributed by atoms with Crippen LogP contribution >= 0.6 is 0 Å². The molecule has 0 aliphatic carbocycles. The summed E-state index contributed by atoms with van der Waals surface area (Å²) in [5, 5.41) is 3.05. The number of aromatic nitrogens is 2. The summed E-state index contributed by atoms with van der Waals surface area (Å²) in [4.78, 5) is 40.8. The first-order chi connectivity index (χ1) is 15.8. The van der Waals surface area contributed by atoms with Crippen LogP contribution < -0.4 is 21.5 Å². The molecule has 0 atom stereocenters. The maximum atomic E-state index is 13.0. The van der Waals surface area contributed by atoms with E-state index in [1.807, 2.05) is 68.1 Å². The van der Waals surface area contributed by atoms with Gasteiger partial charge in [-0.15, -0.1) is 0 Å². The zero-order valence-corrected chi connectivity index (χ0v) is 19.6. The maximum absolute atomic E-state index is 13.0. The molecule has 1 saturated heterocycles. The Hall–Kier alpha value is -3.61. The third kappa shape index (κ3) is 4.49. The highest BCUT2D eigenvalue weighted by molar-refractivity contribution is 5.92. The molecule has 1 aliphatic rings. The van der Waals surface area contributed by atoms with E-state index in [-0.39, 0.29) is 23.1 Å². The van der Waals surface area contributed by atoms with E-state index in [1.54, 1.807) is 4.57 Å². The molecule has 2 aromatic carbocycles. The second kappa shape index (κ2) is 9.10. The van der Waals surface area contributed by atoms with E-state index < -0.39 is 0 Å². The zero-order valence-electron chi connectivity index (χ0n) is 19.6. The van der Waals surface area contributed by atoms with E-state index in [0.717, 1.165) is 27.1 Å². The number of piperidine rings is 1. The molecule has 0 saturated carbocycles. The van der Waals surface area contributed by atoms with Crippen LogP contribution in [0.25, 0.3) is 5.69 Å². The predicted octanol–water partition coefficient (Wildman–Crippen LogP) is 3.32. The Morgan fingerprint density at radius 2 is 1.55 bits per heavy atom. The maximum Gasteiger partial charge on any atom is 0.335 e. The Bertz CT molecular complexity index is 1280. The van der Waals surface area contributed by atoms with Gasteiger partial charge in [-0.1, -0.05) is 24.3 Å². The smallest absolute Gasteiger partial charge is 0.335 e. The Labute approximate surface area is 193 Å². The van der Waals surface area contributed by atoms with E-state index in [2.05, 4.69) is 11.4 Å². The fraction of sp³-hybridized carbons (Fsp3) is 0.346. The van der Waals surface area contributed by atoms with Gasteiger partial charge in [0.2, 0.25) is 5.91 Å². The quantitative estimate of drug-likeness (QED) is 0.667. The molecule has 4 rings (SSSR count). The van der Waals surface area contributed by atoms with E-state index >= 15 is 0 Å². The van der Waals surface area contributed by atoms with E-state index in [4.69, 9.17) is 0 Å². The van der Waals surface area contributed by atoms with Crippen LogP contribution in [0, 0.1) is 26.7 Å². The van der Waals surface area contributed by atoms with Crippen LogP contribution in [0.3, 0.4) is 0 Å². The van der Waals surface area contributed by atoms with Crippen molar-refractivity contribution in [1.29, 1.82) is 0 Å². The average molecular weight is 447 g/mol. The van der Waals surface area contributed by atoms with Crippen molar-refractivity contribution in [3.63, 3.8) is 0 Å². The van der Waals surface area contributed by atoms with Gasteiger partial charge in [-0.05, 0) is 69.0 Å². The highest BCUT2D eigenvalue weighted by atomic mass is 16.2. The van der Waals surface area contributed by atoms with E-state index in [1.165, 1.54) is 7.05 Å². The standard InChI is InChI=1S/C26H30N4O3/c1-17-14-18(2)16-21(15-17)27-24(31)20-10-12-29(13-11-20)23-19(3)30(22-8-6-5-7-9-22)26(33)28(4)25(23)32/h5-9,14-16,20H,10-13H2,1-4H3,(H,27,31). The molecule has 3 aromatic rings. The fourth-order valence-electron chi connectivity index (χ4n) is 4.70. The summed E-state index contributed by atoms with van der Waals surface area (Å²) in [6.45, 7) is 6.99. The largest absolute Gasteiger partial charge is 0.366 e. The molecule has 2 heterocycles. The lowest BCUT2D eigenvalue weighted by Gasteiger charge is -2.34. The second-order valence-electron chi connectivity index (χ2n) is 8.88. The van der Waals surface area contributed by atoms with Crippen molar-refractivity contribution in [2.24, 2.45) is 13.0 Å². The minimum absolute atomic E-state index is 0.0125. The number of nitrogens with zero attached hydrogens (tertiary/aromatic N) is 3. The van der Waals surface area contributed by atoms with Gasteiger partial charge in [0.1, 0.15) is 5.69 Å². The van der Waals surface area contributed by atoms with Crippen LogP contribution in [0.5, 0.6) is 0 Å². The van der Waals surface area contributed by atoms with Gasteiger partial charge < -0.3 is 10.2 Å². The van der Waals surface area contributed by atoms with Gasteiger partial charge in [-0.3, -0.25) is 18.7 Å². The summed E-state index contributed by atoms with van der Waals surface area (Å²) in [6.07, 6.45) is 1.29. The molecule has 0 radical (unpaired) electrons. The van der Waals surface area contributed by atoms with Crippen molar-refractivity contribution in [1.82, 2.24) is 9.13 Å². The Morgan fingerprint density at radius 1 is 0.939 bits per heavy atom. The number of aryl methyl sites for hydroxylation is 2. The van der Waals surface area contributed by atoms with Crippen LogP contribution in [0.4, 0.5) is 11.4 Å². The Balaban J connectivity index is 1.55. The van der Waals surface area contributed by atoms with Crippen LogP contribution in [0.2, 0.25) is 0 Å². The van der Waals surface area contributed by atoms with Crippen molar-refractivity contribution in [3.8, 4) is 5.69 Å².